The zero-order valence-electron chi connectivity index (χ0n) is 12.6. The topological polar surface area (TPSA) is 69.5 Å². The largest absolute Gasteiger partial charge is 0.301 e. The fourth-order valence-electron chi connectivity index (χ4n) is 2.08. The molecule has 0 amide bonds. The first-order valence-electron chi connectivity index (χ1n) is 6.85. The van der Waals surface area contributed by atoms with Crippen molar-refractivity contribution in [2.45, 2.75) is 37.1 Å². The molecule has 6 heteroatoms. The van der Waals surface area contributed by atoms with Crippen molar-refractivity contribution >= 4 is 11.8 Å². The Morgan fingerprint density at radius 2 is 2.05 bits per heavy atom. The van der Waals surface area contributed by atoms with E-state index in [0.717, 1.165) is 0 Å². The maximum Gasteiger partial charge on any atom is 0.254 e. The van der Waals surface area contributed by atoms with Crippen LogP contribution in [0.2, 0.25) is 0 Å². The number of aromatic amines is 1. The molecule has 1 unspecified atom stereocenters. The summed E-state index contributed by atoms with van der Waals surface area (Å²) >= 11 is 1.39. The van der Waals surface area contributed by atoms with Crippen LogP contribution in [0.25, 0.3) is 0 Å². The molecule has 0 fully saturated rings. The van der Waals surface area contributed by atoms with Crippen molar-refractivity contribution in [3.05, 3.63) is 57.3 Å². The Morgan fingerprint density at radius 3 is 2.64 bits per heavy atom. The number of nitrogens with zero attached hydrogens (tertiary/aromatic N) is 2. The highest BCUT2D eigenvalue weighted by atomic mass is 32.2. The second-order valence-electron chi connectivity index (χ2n) is 5.13. The van der Waals surface area contributed by atoms with Crippen LogP contribution in [0.5, 0.6) is 0 Å². The van der Waals surface area contributed by atoms with E-state index >= 15 is 0 Å². The molecule has 0 saturated heterocycles. The molecule has 1 aromatic heterocycles. The molecule has 0 radical (unpaired) electrons. The van der Waals surface area contributed by atoms with E-state index in [9.17, 15) is 14.4 Å². The van der Waals surface area contributed by atoms with Gasteiger partial charge in [0.15, 0.2) is 5.16 Å². The lowest BCUT2D eigenvalue weighted by atomic mass is 9.94. The first-order chi connectivity index (χ1) is 10.4. The molecular formula is C16H16FN3OS. The summed E-state index contributed by atoms with van der Waals surface area (Å²) in [4.78, 5) is 19.1. The standard InChI is InChI=1S/C16H16FN3OS/c1-9(2)22-16-19-14(10(3)15(21)20-16)12(8-18)11-6-4-5-7-13(11)17/h4-7,9,12H,1-3H3,(H,19,20,21). The van der Waals surface area contributed by atoms with Gasteiger partial charge in [0, 0.05) is 16.4 Å². The van der Waals surface area contributed by atoms with Crippen LogP contribution >= 0.6 is 11.8 Å². The van der Waals surface area contributed by atoms with Gasteiger partial charge in [0.2, 0.25) is 0 Å². The number of nitriles is 1. The lowest BCUT2D eigenvalue weighted by Crippen LogP contribution is -2.19. The van der Waals surface area contributed by atoms with Crippen molar-refractivity contribution in [2.75, 3.05) is 0 Å². The van der Waals surface area contributed by atoms with Gasteiger partial charge in [0.05, 0.1) is 11.8 Å². The molecular weight excluding hydrogens is 301 g/mol. The number of rotatable bonds is 4. The van der Waals surface area contributed by atoms with Gasteiger partial charge >= 0.3 is 0 Å². The zero-order chi connectivity index (χ0) is 16.3. The van der Waals surface area contributed by atoms with Gasteiger partial charge in [-0.25, -0.2) is 9.37 Å². The average molecular weight is 317 g/mol. The van der Waals surface area contributed by atoms with E-state index in [0.29, 0.717) is 16.4 Å². The summed E-state index contributed by atoms with van der Waals surface area (Å²) in [6.07, 6.45) is 0. The second-order valence-corrected chi connectivity index (χ2v) is 6.70. The Labute approximate surface area is 132 Å². The molecule has 2 aromatic rings. The maximum atomic E-state index is 14.0. The van der Waals surface area contributed by atoms with Crippen molar-refractivity contribution in [1.82, 2.24) is 9.97 Å². The summed E-state index contributed by atoms with van der Waals surface area (Å²) < 4.78 is 14.0. The number of halogens is 1. The molecule has 0 bridgehead atoms. The minimum Gasteiger partial charge on any atom is -0.301 e. The van der Waals surface area contributed by atoms with Crippen LogP contribution in [0.3, 0.4) is 0 Å². The highest BCUT2D eigenvalue weighted by Gasteiger charge is 2.23. The molecule has 1 heterocycles. The first kappa shape index (κ1) is 16.2. The number of nitrogens with one attached hydrogen (secondary N) is 1. The fourth-order valence-corrected chi connectivity index (χ4v) is 2.82. The van der Waals surface area contributed by atoms with Gasteiger partial charge in [-0.3, -0.25) is 4.79 Å². The van der Waals surface area contributed by atoms with Crippen LogP contribution in [0.15, 0.2) is 34.2 Å². The zero-order valence-corrected chi connectivity index (χ0v) is 13.4. The number of H-pyrrole nitrogens is 1. The number of hydrogen-bond donors (Lipinski definition) is 1. The minimum absolute atomic E-state index is 0.228. The molecule has 1 atom stereocenters. The highest BCUT2D eigenvalue weighted by molar-refractivity contribution is 7.99. The number of aromatic nitrogens is 2. The normalized spacial score (nSPS) is 12.2. The van der Waals surface area contributed by atoms with Crippen LogP contribution in [0, 0.1) is 24.1 Å². The molecule has 22 heavy (non-hydrogen) atoms. The smallest absolute Gasteiger partial charge is 0.254 e. The van der Waals surface area contributed by atoms with Crippen LogP contribution in [0.1, 0.15) is 36.6 Å². The maximum absolute atomic E-state index is 14.0. The van der Waals surface area contributed by atoms with E-state index in [1.54, 1.807) is 25.1 Å². The van der Waals surface area contributed by atoms with E-state index in [-0.39, 0.29) is 16.4 Å². The van der Waals surface area contributed by atoms with Gasteiger partial charge < -0.3 is 4.98 Å². The Bertz CT molecular complexity index is 780. The van der Waals surface area contributed by atoms with E-state index < -0.39 is 11.7 Å². The number of hydrogen-bond acceptors (Lipinski definition) is 4. The van der Waals surface area contributed by atoms with E-state index in [4.69, 9.17) is 0 Å². The minimum atomic E-state index is -0.907. The first-order valence-corrected chi connectivity index (χ1v) is 7.73. The monoisotopic (exact) mass is 317 g/mol. The fraction of sp³-hybridized carbons (Fsp3) is 0.312. The molecule has 0 saturated carbocycles. The second kappa shape index (κ2) is 6.75. The van der Waals surface area contributed by atoms with Crippen molar-refractivity contribution < 1.29 is 4.39 Å². The summed E-state index contributed by atoms with van der Waals surface area (Å²) in [6.45, 7) is 5.54. The third kappa shape index (κ3) is 3.37. The van der Waals surface area contributed by atoms with Gasteiger partial charge in [-0.1, -0.05) is 43.8 Å². The van der Waals surface area contributed by atoms with Gasteiger partial charge in [0.25, 0.3) is 5.56 Å². The molecule has 0 aliphatic rings. The lowest BCUT2D eigenvalue weighted by molar-refractivity contribution is 0.606. The van der Waals surface area contributed by atoms with Gasteiger partial charge in [0.1, 0.15) is 11.7 Å². The Kier molecular flexibility index (Phi) is 4.99. The van der Waals surface area contributed by atoms with Crippen molar-refractivity contribution in [3.8, 4) is 6.07 Å². The Hall–Kier alpha value is -2.13. The quantitative estimate of drug-likeness (QED) is 0.693. The van der Waals surface area contributed by atoms with E-state index in [1.807, 2.05) is 13.8 Å². The Balaban J connectivity index is 2.59. The summed E-state index contributed by atoms with van der Waals surface area (Å²) in [5.74, 6) is -1.39. The molecule has 114 valence electrons. The molecule has 0 aliphatic carbocycles. The van der Waals surface area contributed by atoms with Gasteiger partial charge in [-0.15, -0.1) is 0 Å². The summed E-state index contributed by atoms with van der Waals surface area (Å²) in [5, 5.41) is 10.1. The third-order valence-electron chi connectivity index (χ3n) is 3.13. The summed E-state index contributed by atoms with van der Waals surface area (Å²) in [7, 11) is 0. The van der Waals surface area contributed by atoms with Crippen LogP contribution in [-0.2, 0) is 0 Å². The SMILES string of the molecule is Cc1c(C(C#N)c2ccccc2F)nc(SC(C)C)[nH]c1=O. The molecule has 1 aromatic carbocycles. The van der Waals surface area contributed by atoms with Gasteiger partial charge in [-0.2, -0.15) is 5.26 Å². The molecule has 4 nitrogen and oxygen atoms in total. The highest BCUT2D eigenvalue weighted by Crippen LogP contribution is 2.27. The summed E-state index contributed by atoms with van der Waals surface area (Å²) in [6, 6.07) is 8.12. The van der Waals surface area contributed by atoms with E-state index in [1.165, 1.54) is 17.8 Å². The predicted octanol–water partition coefficient (Wildman–Crippen LogP) is 3.37. The molecule has 0 spiro atoms. The third-order valence-corrected chi connectivity index (χ3v) is 4.02. The summed E-state index contributed by atoms with van der Waals surface area (Å²) in [5.41, 5.74) is 0.568. The van der Waals surface area contributed by atoms with Crippen LogP contribution < -0.4 is 5.56 Å². The van der Waals surface area contributed by atoms with Crippen LogP contribution in [0.4, 0.5) is 4.39 Å². The van der Waals surface area contributed by atoms with E-state index in [2.05, 4.69) is 16.0 Å². The molecule has 0 aliphatic heterocycles. The number of thioether (sulfide) groups is 1. The van der Waals surface area contributed by atoms with Crippen molar-refractivity contribution in [1.29, 1.82) is 5.26 Å². The molecule has 2 rings (SSSR count). The van der Waals surface area contributed by atoms with Gasteiger partial charge in [-0.05, 0) is 13.0 Å². The lowest BCUT2D eigenvalue weighted by Gasteiger charge is -2.14. The van der Waals surface area contributed by atoms with Crippen LogP contribution in [-0.4, -0.2) is 15.2 Å². The predicted molar refractivity (Wildman–Crippen MR) is 84.4 cm³/mol. The molecule has 1 N–H and O–H groups in total. The Morgan fingerprint density at radius 1 is 1.36 bits per heavy atom. The van der Waals surface area contributed by atoms with Crippen molar-refractivity contribution in [3.63, 3.8) is 0 Å². The number of benzene rings is 1. The van der Waals surface area contributed by atoms with Crippen molar-refractivity contribution in [2.24, 2.45) is 0 Å². The average Bonchev–Trinajstić information content (AvgIpc) is 2.46.